The smallest absolute Gasteiger partial charge is 0.163 e. The fraction of sp³-hybridized carbons (Fsp3) is 0.174. The average molecular weight is 451 g/mol. The molecular weight excluding hydrogens is 433 g/mol. The van der Waals surface area contributed by atoms with Crippen LogP contribution in [0.25, 0.3) is 16.3 Å². The molecule has 3 heteroatoms. The number of Topliss-reactive ketones (excluding diaryl/α,β-unsaturated/α-hetero) is 1. The first kappa shape index (κ1) is 16.1. The van der Waals surface area contributed by atoms with Gasteiger partial charge in [0.15, 0.2) is 5.78 Å². The molecule has 0 aromatic heterocycles. The maximum Gasteiger partial charge on any atom is 0.163 e. The molecule has 2 aliphatic rings. The van der Waals surface area contributed by atoms with Gasteiger partial charge in [0.25, 0.3) is 0 Å². The van der Waals surface area contributed by atoms with Gasteiger partial charge in [-0.05, 0) is 75.5 Å². The monoisotopic (exact) mass is 451 g/mol. The zero-order valence-electron chi connectivity index (χ0n) is 14.3. The molecule has 1 N–H and O–H groups in total. The minimum atomic E-state index is 0.0796. The number of fused-ring (bicyclic) bond motifs is 3. The highest BCUT2D eigenvalue weighted by Crippen LogP contribution is 2.47. The minimum absolute atomic E-state index is 0.0796. The van der Waals surface area contributed by atoms with E-state index in [9.17, 15) is 4.79 Å². The summed E-state index contributed by atoms with van der Waals surface area (Å²) < 4.78 is 1.23. The number of halogens is 1. The molecule has 1 unspecified atom stereocenters. The predicted molar refractivity (Wildman–Crippen MR) is 115 cm³/mol. The molecule has 128 valence electrons. The average Bonchev–Trinajstić information content (AvgIpc) is 2.66. The van der Waals surface area contributed by atoms with Crippen LogP contribution in [0.4, 0.5) is 5.69 Å². The van der Waals surface area contributed by atoms with Crippen molar-refractivity contribution >= 4 is 50.4 Å². The van der Waals surface area contributed by atoms with Crippen LogP contribution in [0.2, 0.25) is 0 Å². The number of carbonyl (C=O) groups is 1. The maximum atomic E-state index is 12.9. The fourth-order valence-electron chi connectivity index (χ4n) is 4.26. The number of nitrogens with one attached hydrogen (secondary N) is 1. The summed E-state index contributed by atoms with van der Waals surface area (Å²) in [7, 11) is 0. The van der Waals surface area contributed by atoms with Gasteiger partial charge in [0.2, 0.25) is 0 Å². The van der Waals surface area contributed by atoms with Crippen LogP contribution < -0.4 is 5.32 Å². The van der Waals surface area contributed by atoms with E-state index >= 15 is 0 Å². The Balaban J connectivity index is 1.78. The number of rotatable bonds is 1. The van der Waals surface area contributed by atoms with Crippen molar-refractivity contribution in [3.8, 4) is 0 Å². The Hall–Kier alpha value is -2.14. The van der Waals surface area contributed by atoms with Gasteiger partial charge >= 0.3 is 0 Å². The highest BCUT2D eigenvalue weighted by Gasteiger charge is 2.34. The lowest BCUT2D eigenvalue weighted by molar-refractivity contribution is -0.114. The summed E-state index contributed by atoms with van der Waals surface area (Å²) in [5, 5.41) is 6.14. The first-order valence-electron chi connectivity index (χ1n) is 9.03. The topological polar surface area (TPSA) is 29.1 Å². The van der Waals surface area contributed by atoms with Gasteiger partial charge in [-0.1, -0.05) is 42.5 Å². The zero-order chi connectivity index (χ0) is 17.7. The second kappa shape index (κ2) is 6.23. The third kappa shape index (κ3) is 2.49. The first-order valence-corrected chi connectivity index (χ1v) is 10.1. The lowest BCUT2D eigenvalue weighted by atomic mass is 9.77. The number of hydrogen-bond acceptors (Lipinski definition) is 2. The summed E-state index contributed by atoms with van der Waals surface area (Å²) in [6.45, 7) is 0. The van der Waals surface area contributed by atoms with E-state index in [1.54, 1.807) is 0 Å². The number of carbonyl (C=O) groups excluding carboxylic acids is 1. The molecule has 2 nitrogen and oxygen atoms in total. The Bertz CT molecular complexity index is 1080. The Morgan fingerprint density at radius 2 is 1.65 bits per heavy atom. The first-order chi connectivity index (χ1) is 12.7. The lowest BCUT2D eigenvalue weighted by Crippen LogP contribution is -2.26. The van der Waals surface area contributed by atoms with Gasteiger partial charge < -0.3 is 5.32 Å². The predicted octanol–water partition coefficient (Wildman–Crippen LogP) is 6.12. The molecule has 1 heterocycles. The molecule has 0 fully saturated rings. The van der Waals surface area contributed by atoms with Gasteiger partial charge in [0.05, 0.1) is 6.04 Å². The summed E-state index contributed by atoms with van der Waals surface area (Å²) in [4.78, 5) is 12.9. The van der Waals surface area contributed by atoms with Gasteiger partial charge in [-0.15, -0.1) is 0 Å². The SMILES string of the molecule is O=C1CCCC2=C1c1cc3ccccc3cc1NC2c1ccccc1I. The van der Waals surface area contributed by atoms with Crippen molar-refractivity contribution in [3.63, 3.8) is 0 Å². The molecule has 0 bridgehead atoms. The van der Waals surface area contributed by atoms with Crippen LogP contribution in [-0.2, 0) is 4.79 Å². The van der Waals surface area contributed by atoms with E-state index in [-0.39, 0.29) is 6.04 Å². The molecule has 0 saturated carbocycles. The molecule has 1 aliphatic carbocycles. The summed E-state index contributed by atoms with van der Waals surface area (Å²) in [6.07, 6.45) is 2.59. The van der Waals surface area contributed by atoms with Gasteiger partial charge in [0.1, 0.15) is 0 Å². The highest BCUT2D eigenvalue weighted by molar-refractivity contribution is 14.1. The molecule has 5 rings (SSSR count). The normalized spacial score (nSPS) is 19.1. The van der Waals surface area contributed by atoms with Crippen LogP contribution in [0.3, 0.4) is 0 Å². The molecule has 1 atom stereocenters. The Morgan fingerprint density at radius 1 is 0.923 bits per heavy atom. The number of allylic oxidation sites excluding steroid dienone is 1. The Morgan fingerprint density at radius 3 is 2.46 bits per heavy atom. The van der Waals surface area contributed by atoms with Crippen molar-refractivity contribution in [2.45, 2.75) is 25.3 Å². The van der Waals surface area contributed by atoms with Crippen LogP contribution in [0.15, 0.2) is 66.2 Å². The molecule has 0 saturated heterocycles. The summed E-state index contributed by atoms with van der Waals surface area (Å²) >= 11 is 2.40. The van der Waals surface area contributed by atoms with Gasteiger partial charge in [-0.25, -0.2) is 0 Å². The summed E-state index contributed by atoms with van der Waals surface area (Å²) in [5.41, 5.74) is 5.62. The van der Waals surface area contributed by atoms with Crippen molar-refractivity contribution in [1.82, 2.24) is 0 Å². The van der Waals surface area contributed by atoms with E-state index in [4.69, 9.17) is 0 Å². The number of ketones is 1. The van der Waals surface area contributed by atoms with Gasteiger partial charge in [-0.2, -0.15) is 0 Å². The van der Waals surface area contributed by atoms with E-state index in [2.05, 4.69) is 88.6 Å². The van der Waals surface area contributed by atoms with Crippen molar-refractivity contribution in [3.05, 3.63) is 80.9 Å². The van der Waals surface area contributed by atoms with Crippen LogP contribution in [0, 0.1) is 3.57 Å². The summed E-state index contributed by atoms with van der Waals surface area (Å²) in [6, 6.07) is 21.3. The largest absolute Gasteiger partial charge is 0.374 e. The number of anilines is 1. The van der Waals surface area contributed by atoms with Gasteiger partial charge in [0, 0.05) is 26.8 Å². The standard InChI is InChI=1S/C23H18INO/c24-19-10-4-3-8-16(19)23-17-9-5-11-21(26)22(17)18-12-14-6-1-2-7-15(14)13-20(18)25-23/h1-4,6-8,10,12-13,23,25H,5,9,11H2. The van der Waals surface area contributed by atoms with E-state index in [1.807, 2.05) is 0 Å². The second-order valence-electron chi connectivity index (χ2n) is 7.02. The number of hydrogen-bond donors (Lipinski definition) is 1. The van der Waals surface area contributed by atoms with Crippen LogP contribution in [0.5, 0.6) is 0 Å². The summed E-state index contributed by atoms with van der Waals surface area (Å²) in [5.74, 6) is 0.292. The lowest BCUT2D eigenvalue weighted by Gasteiger charge is -2.35. The Labute approximate surface area is 166 Å². The third-order valence-electron chi connectivity index (χ3n) is 5.47. The van der Waals surface area contributed by atoms with Crippen molar-refractivity contribution in [1.29, 1.82) is 0 Å². The minimum Gasteiger partial charge on any atom is -0.374 e. The van der Waals surface area contributed by atoms with Crippen molar-refractivity contribution in [2.24, 2.45) is 0 Å². The third-order valence-corrected chi connectivity index (χ3v) is 6.45. The van der Waals surface area contributed by atoms with Crippen LogP contribution in [0.1, 0.15) is 36.4 Å². The van der Waals surface area contributed by atoms with Crippen molar-refractivity contribution in [2.75, 3.05) is 5.32 Å². The molecular formula is C23H18INO. The molecule has 1 aliphatic heterocycles. The maximum absolute atomic E-state index is 12.9. The molecule has 0 amide bonds. The van der Waals surface area contributed by atoms with Crippen LogP contribution in [-0.4, -0.2) is 5.78 Å². The quantitative estimate of drug-likeness (QED) is 0.452. The molecule has 0 radical (unpaired) electrons. The van der Waals surface area contributed by atoms with E-state index in [0.29, 0.717) is 12.2 Å². The van der Waals surface area contributed by atoms with E-state index in [1.165, 1.54) is 25.5 Å². The van der Waals surface area contributed by atoms with Crippen molar-refractivity contribution < 1.29 is 4.79 Å². The van der Waals surface area contributed by atoms with Gasteiger partial charge in [-0.3, -0.25) is 4.79 Å². The number of benzene rings is 3. The fourth-order valence-corrected chi connectivity index (χ4v) is 4.96. The zero-order valence-corrected chi connectivity index (χ0v) is 16.4. The molecule has 3 aromatic carbocycles. The highest BCUT2D eigenvalue weighted by atomic mass is 127. The molecule has 0 spiro atoms. The second-order valence-corrected chi connectivity index (χ2v) is 8.18. The molecule has 26 heavy (non-hydrogen) atoms. The molecule has 3 aromatic rings. The Kier molecular flexibility index (Phi) is 3.85. The van der Waals surface area contributed by atoms with E-state index in [0.717, 1.165) is 29.7 Å². The van der Waals surface area contributed by atoms with Crippen LogP contribution >= 0.6 is 22.6 Å². The van der Waals surface area contributed by atoms with E-state index < -0.39 is 0 Å².